The third-order valence-electron chi connectivity index (χ3n) is 1.51. The average Bonchev–Trinajstić information content (AvgIpc) is 2.12. The van der Waals surface area contributed by atoms with Crippen molar-refractivity contribution in [1.29, 1.82) is 0 Å². The number of aryl methyl sites for hydroxylation is 1. The SMILES string of the molecule is Cc1cccc(C#C/C=C/[N+](=O)[O-])c1. The van der Waals surface area contributed by atoms with Gasteiger partial charge in [-0.25, -0.2) is 0 Å². The largest absolute Gasteiger partial charge is 0.259 e. The van der Waals surface area contributed by atoms with Gasteiger partial charge in [0.25, 0.3) is 0 Å². The van der Waals surface area contributed by atoms with E-state index in [1.165, 1.54) is 6.08 Å². The van der Waals surface area contributed by atoms with Crippen LogP contribution < -0.4 is 0 Å². The summed E-state index contributed by atoms with van der Waals surface area (Å²) < 4.78 is 0. The number of benzene rings is 1. The highest BCUT2D eigenvalue weighted by Crippen LogP contribution is 2.01. The van der Waals surface area contributed by atoms with Crippen LogP contribution in [-0.2, 0) is 0 Å². The zero-order valence-corrected chi connectivity index (χ0v) is 7.73. The summed E-state index contributed by atoms with van der Waals surface area (Å²) in [6.07, 6.45) is 2.05. The van der Waals surface area contributed by atoms with E-state index in [1.54, 1.807) is 0 Å². The first-order chi connectivity index (χ1) is 6.68. The van der Waals surface area contributed by atoms with E-state index >= 15 is 0 Å². The summed E-state index contributed by atoms with van der Waals surface area (Å²) in [5.74, 6) is 5.39. The van der Waals surface area contributed by atoms with E-state index in [9.17, 15) is 10.1 Å². The Kier molecular flexibility index (Phi) is 3.45. The lowest BCUT2D eigenvalue weighted by Gasteiger charge is -1.90. The van der Waals surface area contributed by atoms with Crippen molar-refractivity contribution in [3.63, 3.8) is 0 Å². The summed E-state index contributed by atoms with van der Waals surface area (Å²) in [6, 6.07) is 7.65. The summed E-state index contributed by atoms with van der Waals surface area (Å²) in [5, 5.41) is 9.92. The van der Waals surface area contributed by atoms with Crippen molar-refractivity contribution in [2.24, 2.45) is 0 Å². The van der Waals surface area contributed by atoms with Crippen molar-refractivity contribution in [3.05, 3.63) is 57.8 Å². The fraction of sp³-hybridized carbons (Fsp3) is 0.0909. The Morgan fingerprint density at radius 3 is 2.93 bits per heavy atom. The van der Waals surface area contributed by atoms with Crippen LogP contribution in [0.4, 0.5) is 0 Å². The molecule has 70 valence electrons. The topological polar surface area (TPSA) is 43.1 Å². The minimum absolute atomic E-state index is 0.537. The van der Waals surface area contributed by atoms with Crippen molar-refractivity contribution >= 4 is 0 Å². The molecule has 0 atom stereocenters. The van der Waals surface area contributed by atoms with Crippen molar-refractivity contribution < 1.29 is 4.92 Å². The molecule has 0 spiro atoms. The van der Waals surface area contributed by atoms with Gasteiger partial charge in [-0.15, -0.1) is 0 Å². The molecule has 0 radical (unpaired) electrons. The van der Waals surface area contributed by atoms with Crippen molar-refractivity contribution in [1.82, 2.24) is 0 Å². The molecule has 0 aliphatic rings. The first kappa shape index (κ1) is 10.0. The molecule has 1 aromatic rings. The molecule has 3 nitrogen and oxygen atoms in total. The molecule has 0 fully saturated rings. The first-order valence-corrected chi connectivity index (χ1v) is 4.07. The standard InChI is InChI=1S/C11H9NO2/c1-10-5-4-7-11(9-10)6-2-3-8-12(13)14/h3-5,7-9H,1H3/b8-3+. The van der Waals surface area contributed by atoms with Gasteiger partial charge in [0.2, 0.25) is 6.20 Å². The van der Waals surface area contributed by atoms with Crippen LogP contribution in [0, 0.1) is 28.9 Å². The molecule has 0 aliphatic carbocycles. The maximum atomic E-state index is 9.92. The molecule has 0 aliphatic heterocycles. The van der Waals surface area contributed by atoms with Crippen molar-refractivity contribution in [2.75, 3.05) is 0 Å². The zero-order valence-electron chi connectivity index (χ0n) is 7.73. The molecule has 0 saturated heterocycles. The van der Waals surface area contributed by atoms with Crippen LogP contribution >= 0.6 is 0 Å². The second-order valence-electron chi connectivity index (χ2n) is 2.74. The van der Waals surface area contributed by atoms with Crippen molar-refractivity contribution in [2.45, 2.75) is 6.92 Å². The van der Waals surface area contributed by atoms with Gasteiger partial charge in [0.15, 0.2) is 0 Å². The summed E-state index contributed by atoms with van der Waals surface area (Å²) in [4.78, 5) is 9.38. The lowest BCUT2D eigenvalue weighted by molar-refractivity contribution is -0.402. The van der Waals surface area contributed by atoms with Gasteiger partial charge in [0, 0.05) is 5.56 Å². The Balaban J connectivity index is 2.73. The van der Waals surface area contributed by atoms with E-state index < -0.39 is 4.92 Å². The molecule has 0 bridgehead atoms. The predicted octanol–water partition coefficient (Wildman–Crippen LogP) is 2.14. The normalized spacial score (nSPS) is 9.50. The number of allylic oxidation sites excluding steroid dienone is 1. The van der Waals surface area contributed by atoms with Gasteiger partial charge in [0.1, 0.15) is 0 Å². The quantitative estimate of drug-likeness (QED) is 0.384. The third kappa shape index (κ3) is 3.55. The maximum absolute atomic E-state index is 9.92. The summed E-state index contributed by atoms with van der Waals surface area (Å²) in [5.41, 5.74) is 1.98. The lowest BCUT2D eigenvalue weighted by Crippen LogP contribution is -1.80. The summed E-state index contributed by atoms with van der Waals surface area (Å²) >= 11 is 0. The van der Waals surface area contributed by atoms with Gasteiger partial charge in [-0.2, -0.15) is 0 Å². The Hall–Kier alpha value is -2.08. The third-order valence-corrected chi connectivity index (χ3v) is 1.51. The lowest BCUT2D eigenvalue weighted by atomic mass is 10.1. The monoisotopic (exact) mass is 187 g/mol. The van der Waals surface area contributed by atoms with Gasteiger partial charge in [-0.1, -0.05) is 24.0 Å². The van der Waals surface area contributed by atoms with Crippen LogP contribution in [-0.4, -0.2) is 4.92 Å². The van der Waals surface area contributed by atoms with E-state index in [-0.39, 0.29) is 0 Å². The van der Waals surface area contributed by atoms with E-state index in [2.05, 4.69) is 11.8 Å². The highest BCUT2D eigenvalue weighted by Gasteiger charge is 1.85. The van der Waals surface area contributed by atoms with E-state index in [1.807, 2.05) is 31.2 Å². The van der Waals surface area contributed by atoms with E-state index in [4.69, 9.17) is 0 Å². The highest BCUT2D eigenvalue weighted by atomic mass is 16.6. The maximum Gasteiger partial charge on any atom is 0.242 e. The minimum atomic E-state index is -0.537. The van der Waals surface area contributed by atoms with Crippen LogP contribution in [0.3, 0.4) is 0 Å². The summed E-state index contributed by atoms with van der Waals surface area (Å²) in [6.45, 7) is 1.97. The van der Waals surface area contributed by atoms with Gasteiger partial charge in [-0.3, -0.25) is 10.1 Å². The average molecular weight is 187 g/mol. The second kappa shape index (κ2) is 4.83. The van der Waals surface area contributed by atoms with E-state index in [0.29, 0.717) is 0 Å². The van der Waals surface area contributed by atoms with Gasteiger partial charge >= 0.3 is 0 Å². The van der Waals surface area contributed by atoms with Crippen LogP contribution in [0.25, 0.3) is 0 Å². The molecule has 0 aromatic heterocycles. The van der Waals surface area contributed by atoms with Gasteiger partial charge in [-0.05, 0) is 24.6 Å². The van der Waals surface area contributed by atoms with Gasteiger partial charge in [0.05, 0.1) is 11.0 Å². The fourth-order valence-electron chi connectivity index (χ4n) is 0.946. The highest BCUT2D eigenvalue weighted by molar-refractivity contribution is 5.38. The zero-order chi connectivity index (χ0) is 10.4. The number of hydrogen-bond acceptors (Lipinski definition) is 2. The number of nitro groups is 1. The Morgan fingerprint density at radius 1 is 1.50 bits per heavy atom. The smallest absolute Gasteiger partial charge is 0.242 e. The van der Waals surface area contributed by atoms with Crippen LogP contribution in [0.1, 0.15) is 11.1 Å². The van der Waals surface area contributed by atoms with Crippen LogP contribution in [0.5, 0.6) is 0 Å². The van der Waals surface area contributed by atoms with Crippen LogP contribution in [0.2, 0.25) is 0 Å². The minimum Gasteiger partial charge on any atom is -0.259 e. The molecule has 0 N–H and O–H groups in total. The molecular weight excluding hydrogens is 178 g/mol. The second-order valence-corrected chi connectivity index (χ2v) is 2.74. The fourth-order valence-corrected chi connectivity index (χ4v) is 0.946. The number of rotatable bonds is 1. The van der Waals surface area contributed by atoms with Crippen LogP contribution in [0.15, 0.2) is 36.5 Å². The number of hydrogen-bond donors (Lipinski definition) is 0. The Labute approximate surface area is 82.2 Å². The molecular formula is C11H9NO2. The molecule has 1 rings (SSSR count). The van der Waals surface area contributed by atoms with Crippen molar-refractivity contribution in [3.8, 4) is 11.8 Å². The first-order valence-electron chi connectivity index (χ1n) is 4.07. The molecule has 0 amide bonds. The molecule has 0 unspecified atom stereocenters. The van der Waals surface area contributed by atoms with E-state index in [0.717, 1.165) is 17.3 Å². The molecule has 3 heteroatoms. The summed E-state index contributed by atoms with van der Waals surface area (Å²) in [7, 11) is 0. The predicted molar refractivity (Wildman–Crippen MR) is 54.2 cm³/mol. The van der Waals surface area contributed by atoms with Gasteiger partial charge < -0.3 is 0 Å². The molecule has 0 heterocycles. The Bertz CT molecular complexity index is 424. The molecule has 0 saturated carbocycles. The molecule has 1 aromatic carbocycles. The molecule has 14 heavy (non-hydrogen) atoms. The number of nitrogens with zero attached hydrogens (tertiary/aromatic N) is 1. The Morgan fingerprint density at radius 2 is 2.29 bits per heavy atom.